The van der Waals surface area contributed by atoms with E-state index in [2.05, 4.69) is 42.4 Å². The number of fused-ring (bicyclic) bond motifs is 4. The summed E-state index contributed by atoms with van der Waals surface area (Å²) in [5, 5.41) is 0.864. The third kappa shape index (κ3) is 3.52. The highest BCUT2D eigenvalue weighted by atomic mass is 79.9. The number of rotatable bonds is 5. The van der Waals surface area contributed by atoms with Crippen LogP contribution in [0.4, 0.5) is 5.82 Å². The summed E-state index contributed by atoms with van der Waals surface area (Å²) in [4.78, 5) is 17.1. The maximum Gasteiger partial charge on any atom is 0.231 e. The van der Waals surface area contributed by atoms with Gasteiger partial charge in [-0.3, -0.25) is 0 Å². The Kier molecular flexibility index (Phi) is 5.19. The Morgan fingerprint density at radius 1 is 1.16 bits per heavy atom. The number of piperidine rings is 1. The minimum absolute atomic E-state index is 0.249. The maximum atomic E-state index is 6.15. The molecule has 2 aromatic heterocycles. The van der Waals surface area contributed by atoms with Crippen molar-refractivity contribution in [3.63, 3.8) is 0 Å². The molecule has 0 radical (unpaired) electrons. The lowest BCUT2D eigenvalue weighted by molar-refractivity contribution is 0.127. The number of hydrogen-bond acceptors (Lipinski definition) is 8. The molecule has 3 aliphatic heterocycles. The van der Waals surface area contributed by atoms with Crippen molar-refractivity contribution in [1.29, 1.82) is 0 Å². The molecule has 0 saturated carbocycles. The number of ether oxygens (including phenoxy) is 2. The number of hydrogen-bond donors (Lipinski definition) is 1. The Morgan fingerprint density at radius 3 is 2.69 bits per heavy atom. The molecule has 0 spiro atoms. The molecular formula is C22H25BrN6O2S. The first-order valence-electron chi connectivity index (χ1n) is 11.0. The monoisotopic (exact) mass is 516 g/mol. The number of aromatic nitrogens is 4. The molecule has 168 valence electrons. The third-order valence-corrected chi connectivity index (χ3v) is 9.08. The van der Waals surface area contributed by atoms with Gasteiger partial charge in [0.2, 0.25) is 6.79 Å². The summed E-state index contributed by atoms with van der Waals surface area (Å²) in [7, 11) is 2.29. The molecule has 5 heterocycles. The van der Waals surface area contributed by atoms with Gasteiger partial charge in [0.25, 0.3) is 0 Å². The van der Waals surface area contributed by atoms with E-state index < -0.39 is 0 Å². The van der Waals surface area contributed by atoms with E-state index in [4.69, 9.17) is 20.2 Å². The maximum absolute atomic E-state index is 6.15. The van der Waals surface area contributed by atoms with Crippen molar-refractivity contribution in [2.45, 2.75) is 60.8 Å². The van der Waals surface area contributed by atoms with Crippen LogP contribution in [0.2, 0.25) is 0 Å². The lowest BCUT2D eigenvalue weighted by Gasteiger charge is -2.36. The quantitative estimate of drug-likeness (QED) is 0.536. The van der Waals surface area contributed by atoms with Crippen LogP contribution in [-0.4, -0.2) is 50.3 Å². The van der Waals surface area contributed by atoms with Crippen LogP contribution in [0.3, 0.4) is 0 Å². The summed E-state index contributed by atoms with van der Waals surface area (Å²) in [6, 6.07) is 5.43. The van der Waals surface area contributed by atoms with Crippen LogP contribution in [0.25, 0.3) is 11.2 Å². The van der Waals surface area contributed by atoms with E-state index in [1.165, 1.54) is 32.0 Å². The minimum Gasteiger partial charge on any atom is -0.454 e. The molecule has 2 fully saturated rings. The number of benzene rings is 1. The predicted octanol–water partition coefficient (Wildman–Crippen LogP) is 4.31. The van der Waals surface area contributed by atoms with E-state index in [-0.39, 0.29) is 6.79 Å². The summed E-state index contributed by atoms with van der Waals surface area (Å²) in [5.41, 5.74) is 7.61. The molecule has 3 aromatic rings. The zero-order chi connectivity index (χ0) is 21.8. The fourth-order valence-corrected chi connectivity index (χ4v) is 6.87. The molecule has 10 heteroatoms. The Hall–Kier alpha value is -2.04. The Balaban J connectivity index is 1.30. The van der Waals surface area contributed by atoms with Crippen molar-refractivity contribution in [2.75, 3.05) is 19.6 Å². The van der Waals surface area contributed by atoms with Crippen LogP contribution < -0.4 is 15.2 Å². The van der Waals surface area contributed by atoms with Gasteiger partial charge in [-0.1, -0.05) is 11.8 Å². The van der Waals surface area contributed by atoms with E-state index in [1.54, 1.807) is 11.8 Å². The SMILES string of the molecule is CN1C2CCC1CC(CCn1c(Sc3cc4c(cc3Br)OCO4)nc3c(N)ncnc31)C2. The minimum atomic E-state index is 0.249. The van der Waals surface area contributed by atoms with Crippen LogP contribution in [0.5, 0.6) is 11.5 Å². The van der Waals surface area contributed by atoms with Gasteiger partial charge in [-0.25, -0.2) is 15.0 Å². The molecular weight excluding hydrogens is 492 g/mol. The lowest BCUT2D eigenvalue weighted by Crippen LogP contribution is -2.40. The Labute approximate surface area is 199 Å². The average molecular weight is 517 g/mol. The van der Waals surface area contributed by atoms with Crippen molar-refractivity contribution < 1.29 is 9.47 Å². The zero-order valence-corrected chi connectivity index (χ0v) is 20.2. The second-order valence-corrected chi connectivity index (χ2v) is 10.8. The topological polar surface area (TPSA) is 91.3 Å². The van der Waals surface area contributed by atoms with Crippen molar-refractivity contribution >= 4 is 44.7 Å². The van der Waals surface area contributed by atoms with E-state index in [0.29, 0.717) is 11.3 Å². The summed E-state index contributed by atoms with van der Waals surface area (Å²) in [6.45, 7) is 1.12. The van der Waals surface area contributed by atoms with Crippen LogP contribution >= 0.6 is 27.7 Å². The van der Waals surface area contributed by atoms with Gasteiger partial charge in [0.1, 0.15) is 6.33 Å². The molecule has 3 aliphatic rings. The number of aryl methyl sites for hydroxylation is 1. The fourth-order valence-electron chi connectivity index (χ4n) is 5.36. The largest absolute Gasteiger partial charge is 0.454 e. The lowest BCUT2D eigenvalue weighted by atomic mass is 9.88. The average Bonchev–Trinajstić information content (AvgIpc) is 3.41. The first-order chi connectivity index (χ1) is 15.6. The third-order valence-electron chi connectivity index (χ3n) is 7.11. The first-order valence-corrected chi connectivity index (χ1v) is 12.6. The van der Waals surface area contributed by atoms with Crippen molar-refractivity contribution in [1.82, 2.24) is 24.4 Å². The smallest absolute Gasteiger partial charge is 0.231 e. The van der Waals surface area contributed by atoms with Crippen molar-refractivity contribution in [3.05, 3.63) is 22.9 Å². The van der Waals surface area contributed by atoms with Crippen molar-refractivity contribution in [3.8, 4) is 11.5 Å². The molecule has 32 heavy (non-hydrogen) atoms. The van der Waals surface area contributed by atoms with E-state index in [0.717, 1.165) is 62.6 Å². The molecule has 2 unspecified atom stereocenters. The molecule has 2 bridgehead atoms. The van der Waals surface area contributed by atoms with Crippen molar-refractivity contribution in [2.24, 2.45) is 5.92 Å². The molecule has 2 atom stereocenters. The van der Waals surface area contributed by atoms with Gasteiger partial charge >= 0.3 is 0 Å². The molecule has 2 saturated heterocycles. The Bertz CT molecular complexity index is 1170. The fraction of sp³-hybridized carbons (Fsp3) is 0.500. The predicted molar refractivity (Wildman–Crippen MR) is 126 cm³/mol. The van der Waals surface area contributed by atoms with E-state index >= 15 is 0 Å². The highest BCUT2D eigenvalue weighted by Crippen LogP contribution is 2.44. The molecule has 0 aliphatic carbocycles. The van der Waals surface area contributed by atoms with Gasteiger partial charge in [-0.05, 0) is 73.1 Å². The number of anilines is 1. The second-order valence-electron chi connectivity index (χ2n) is 8.89. The highest BCUT2D eigenvalue weighted by molar-refractivity contribution is 9.10. The van der Waals surface area contributed by atoms with E-state index in [1.807, 2.05) is 12.1 Å². The van der Waals surface area contributed by atoms with Gasteiger partial charge in [-0.15, -0.1) is 0 Å². The molecule has 1 aromatic carbocycles. The van der Waals surface area contributed by atoms with E-state index in [9.17, 15) is 0 Å². The Morgan fingerprint density at radius 2 is 1.91 bits per heavy atom. The summed E-state index contributed by atoms with van der Waals surface area (Å²) in [5.74, 6) is 2.65. The summed E-state index contributed by atoms with van der Waals surface area (Å²) >= 11 is 5.25. The number of nitrogen functional groups attached to an aromatic ring is 1. The van der Waals surface area contributed by atoms with Gasteiger partial charge < -0.3 is 24.7 Å². The highest BCUT2D eigenvalue weighted by Gasteiger charge is 2.38. The second kappa shape index (κ2) is 8.07. The van der Waals surface area contributed by atoms with Crippen LogP contribution in [0.1, 0.15) is 32.1 Å². The molecule has 6 rings (SSSR count). The van der Waals surface area contributed by atoms with Crippen LogP contribution in [0.15, 0.2) is 33.0 Å². The summed E-state index contributed by atoms with van der Waals surface area (Å²) in [6.07, 6.45) is 7.89. The van der Waals surface area contributed by atoms with Gasteiger partial charge in [-0.2, -0.15) is 0 Å². The number of imidazole rings is 1. The standard InChI is InChI=1S/C22H25BrN6O2S/c1-28-13-2-3-14(28)7-12(6-13)4-5-29-21-19(20(24)25-10-26-21)27-22(29)32-18-9-17-16(8-15(18)23)30-11-31-17/h8-10,12-14H,2-7,11H2,1H3,(H2,24,25,26). The molecule has 8 nitrogen and oxygen atoms in total. The normalized spacial score (nSPS) is 24.5. The molecule has 0 amide bonds. The van der Waals surface area contributed by atoms with Gasteiger partial charge in [0.15, 0.2) is 33.6 Å². The first kappa shape index (κ1) is 20.6. The number of halogens is 1. The van der Waals surface area contributed by atoms with Crippen LogP contribution in [-0.2, 0) is 6.54 Å². The van der Waals surface area contributed by atoms with Gasteiger partial charge in [0, 0.05) is 28.0 Å². The zero-order valence-electron chi connectivity index (χ0n) is 17.8. The van der Waals surface area contributed by atoms with Crippen LogP contribution in [0, 0.1) is 5.92 Å². The van der Waals surface area contributed by atoms with Gasteiger partial charge in [0.05, 0.1) is 0 Å². The number of nitrogens with two attached hydrogens (primary N) is 1. The number of nitrogens with zero attached hydrogens (tertiary/aromatic N) is 5. The summed E-state index contributed by atoms with van der Waals surface area (Å²) < 4.78 is 14.2. The molecule has 2 N–H and O–H groups in total.